The smallest absolute Gasteiger partial charge is 0.186 e. The molecular weight excluding hydrogens is 385 g/mol. The number of nitrogens with zero attached hydrogens (tertiary/aromatic N) is 3. The second-order valence-electron chi connectivity index (χ2n) is 6.22. The van der Waals surface area contributed by atoms with E-state index in [9.17, 15) is 4.39 Å². The van der Waals surface area contributed by atoms with Crippen LogP contribution in [0.15, 0.2) is 72.7 Å². The van der Waals surface area contributed by atoms with Crippen LogP contribution in [0.4, 0.5) is 4.39 Å². The summed E-state index contributed by atoms with van der Waals surface area (Å²) in [7, 11) is 0. The SMILES string of the molecule is C=CCSc1ncnn1C[C@@]1(c2ccc(F)cc2)O[C@H]1c1ccccc1Cl. The molecule has 0 N–H and O–H groups in total. The van der Waals surface area contributed by atoms with Gasteiger partial charge in [0.1, 0.15) is 23.8 Å². The Morgan fingerprint density at radius 2 is 2.04 bits per heavy atom. The molecule has 4 nitrogen and oxygen atoms in total. The molecule has 0 unspecified atom stereocenters. The zero-order valence-electron chi connectivity index (χ0n) is 14.4. The summed E-state index contributed by atoms with van der Waals surface area (Å²) < 4.78 is 21.5. The Morgan fingerprint density at radius 3 is 2.78 bits per heavy atom. The van der Waals surface area contributed by atoms with Crippen molar-refractivity contribution in [3.05, 3.63) is 89.5 Å². The Kier molecular flexibility index (Phi) is 5.04. The highest BCUT2D eigenvalue weighted by Crippen LogP contribution is 2.59. The molecule has 7 heteroatoms. The molecule has 0 amide bonds. The first-order valence-corrected chi connectivity index (χ1v) is 9.80. The van der Waals surface area contributed by atoms with E-state index in [0.717, 1.165) is 22.0 Å². The van der Waals surface area contributed by atoms with E-state index in [1.807, 2.05) is 35.0 Å². The van der Waals surface area contributed by atoms with Gasteiger partial charge >= 0.3 is 0 Å². The Balaban J connectivity index is 1.71. The highest BCUT2D eigenvalue weighted by atomic mass is 35.5. The number of thioether (sulfide) groups is 1. The largest absolute Gasteiger partial charge is 0.354 e. The van der Waals surface area contributed by atoms with E-state index >= 15 is 0 Å². The molecule has 27 heavy (non-hydrogen) atoms. The quantitative estimate of drug-likeness (QED) is 0.317. The first-order chi connectivity index (χ1) is 13.1. The lowest BCUT2D eigenvalue weighted by atomic mass is 9.91. The normalized spacial score (nSPS) is 21.2. The Hall–Kier alpha value is -2.15. The third kappa shape index (κ3) is 3.52. The van der Waals surface area contributed by atoms with Gasteiger partial charge < -0.3 is 4.74 Å². The van der Waals surface area contributed by atoms with Crippen molar-refractivity contribution in [2.24, 2.45) is 0 Å². The second-order valence-corrected chi connectivity index (χ2v) is 7.61. The van der Waals surface area contributed by atoms with Crippen LogP contribution in [-0.2, 0) is 16.9 Å². The number of aromatic nitrogens is 3. The minimum atomic E-state index is -0.671. The van der Waals surface area contributed by atoms with Gasteiger partial charge in [0.05, 0.1) is 6.54 Å². The fraction of sp³-hybridized carbons (Fsp3) is 0.200. The monoisotopic (exact) mass is 401 g/mol. The van der Waals surface area contributed by atoms with Crippen LogP contribution >= 0.6 is 23.4 Å². The van der Waals surface area contributed by atoms with Gasteiger partial charge in [-0.1, -0.05) is 59.8 Å². The average Bonchev–Trinajstić information content (AvgIpc) is 3.22. The number of halogens is 2. The molecule has 2 aromatic carbocycles. The van der Waals surface area contributed by atoms with Crippen molar-refractivity contribution in [3.63, 3.8) is 0 Å². The molecule has 0 spiro atoms. The van der Waals surface area contributed by atoms with Crippen LogP contribution in [0.1, 0.15) is 17.2 Å². The molecule has 3 aromatic rings. The highest BCUT2D eigenvalue weighted by Gasteiger charge is 2.59. The van der Waals surface area contributed by atoms with Crippen molar-refractivity contribution in [1.82, 2.24) is 14.8 Å². The summed E-state index contributed by atoms with van der Waals surface area (Å²) in [5.74, 6) is 0.448. The fourth-order valence-corrected chi connectivity index (χ4v) is 4.06. The van der Waals surface area contributed by atoms with E-state index in [-0.39, 0.29) is 11.9 Å². The summed E-state index contributed by atoms with van der Waals surface area (Å²) in [6, 6.07) is 14.0. The molecular formula is C20H17ClFN3OS. The molecule has 1 aliphatic heterocycles. The first-order valence-electron chi connectivity index (χ1n) is 8.44. The third-order valence-corrected chi connectivity index (χ3v) is 5.83. The number of hydrogen-bond donors (Lipinski definition) is 0. The fourth-order valence-electron chi connectivity index (χ4n) is 3.17. The first kappa shape index (κ1) is 18.2. The van der Waals surface area contributed by atoms with Crippen molar-refractivity contribution < 1.29 is 9.13 Å². The second kappa shape index (κ2) is 7.46. The minimum absolute atomic E-state index is 0.238. The summed E-state index contributed by atoms with van der Waals surface area (Å²) >= 11 is 7.94. The molecule has 2 atom stereocenters. The van der Waals surface area contributed by atoms with Gasteiger partial charge in [-0.2, -0.15) is 5.10 Å². The van der Waals surface area contributed by atoms with Crippen LogP contribution in [0.3, 0.4) is 0 Å². The van der Waals surface area contributed by atoms with Crippen LogP contribution in [0, 0.1) is 5.82 Å². The zero-order chi connectivity index (χ0) is 18.9. The Labute approximate surface area is 166 Å². The van der Waals surface area contributed by atoms with Gasteiger partial charge in [-0.3, -0.25) is 0 Å². The summed E-state index contributed by atoms with van der Waals surface area (Å²) in [5.41, 5.74) is 1.11. The topological polar surface area (TPSA) is 43.2 Å². The van der Waals surface area contributed by atoms with Crippen molar-refractivity contribution >= 4 is 23.4 Å². The van der Waals surface area contributed by atoms with Crippen LogP contribution in [0.5, 0.6) is 0 Å². The summed E-state index contributed by atoms with van der Waals surface area (Å²) in [5, 5.41) is 5.78. The summed E-state index contributed by atoms with van der Waals surface area (Å²) in [6.45, 7) is 4.19. The molecule has 4 rings (SSSR count). The van der Waals surface area contributed by atoms with Crippen molar-refractivity contribution in [1.29, 1.82) is 0 Å². The minimum Gasteiger partial charge on any atom is -0.354 e. The van der Waals surface area contributed by atoms with E-state index in [2.05, 4.69) is 16.7 Å². The third-order valence-electron chi connectivity index (χ3n) is 4.51. The van der Waals surface area contributed by atoms with Gasteiger partial charge in [0, 0.05) is 16.3 Å². The van der Waals surface area contributed by atoms with E-state index in [4.69, 9.17) is 16.3 Å². The van der Waals surface area contributed by atoms with Crippen LogP contribution in [-0.4, -0.2) is 20.5 Å². The predicted molar refractivity (Wildman–Crippen MR) is 104 cm³/mol. The molecule has 138 valence electrons. The predicted octanol–water partition coefficient (Wildman–Crippen LogP) is 5.02. The number of benzene rings is 2. The van der Waals surface area contributed by atoms with E-state index < -0.39 is 5.60 Å². The van der Waals surface area contributed by atoms with Crippen molar-refractivity contribution in [3.8, 4) is 0 Å². The standard InChI is InChI=1S/C20H17ClFN3OS/c1-2-11-27-19-23-13-24-25(19)12-20(14-7-9-15(22)10-8-14)18(26-20)16-5-3-4-6-17(16)21/h2-10,13,18H,1,11-12H2/t18-,20-/m0/s1. The van der Waals surface area contributed by atoms with Gasteiger partial charge in [0.2, 0.25) is 0 Å². The number of epoxide rings is 1. The van der Waals surface area contributed by atoms with Crippen LogP contribution in [0.2, 0.25) is 5.02 Å². The van der Waals surface area contributed by atoms with Gasteiger partial charge in [0.15, 0.2) is 5.16 Å². The maximum Gasteiger partial charge on any atom is 0.186 e. The molecule has 1 aromatic heterocycles. The lowest BCUT2D eigenvalue weighted by molar-refractivity contribution is 0.256. The van der Waals surface area contributed by atoms with Gasteiger partial charge in [-0.05, 0) is 23.8 Å². The molecule has 1 saturated heterocycles. The molecule has 1 fully saturated rings. The molecule has 1 aliphatic rings. The zero-order valence-corrected chi connectivity index (χ0v) is 16.0. The van der Waals surface area contributed by atoms with Gasteiger partial charge in [-0.15, -0.1) is 6.58 Å². The van der Waals surface area contributed by atoms with Crippen LogP contribution < -0.4 is 0 Å². The summed E-state index contributed by atoms with van der Waals surface area (Å²) in [4.78, 5) is 4.31. The molecule has 0 saturated carbocycles. The van der Waals surface area contributed by atoms with Crippen molar-refractivity contribution in [2.45, 2.75) is 23.4 Å². The number of hydrogen-bond acceptors (Lipinski definition) is 4. The van der Waals surface area contributed by atoms with Crippen LogP contribution in [0.25, 0.3) is 0 Å². The highest BCUT2D eigenvalue weighted by molar-refractivity contribution is 7.99. The molecule has 0 bridgehead atoms. The number of ether oxygens (including phenoxy) is 1. The molecule has 2 heterocycles. The summed E-state index contributed by atoms with van der Waals surface area (Å²) in [6.07, 6.45) is 3.11. The Bertz CT molecular complexity index is 962. The van der Waals surface area contributed by atoms with Gasteiger partial charge in [0.25, 0.3) is 0 Å². The molecule has 0 aliphatic carbocycles. The van der Waals surface area contributed by atoms with E-state index in [1.54, 1.807) is 23.9 Å². The number of rotatable bonds is 7. The maximum atomic E-state index is 13.5. The maximum absolute atomic E-state index is 13.5. The van der Waals surface area contributed by atoms with E-state index in [0.29, 0.717) is 11.6 Å². The van der Waals surface area contributed by atoms with Gasteiger partial charge in [-0.25, -0.2) is 14.1 Å². The van der Waals surface area contributed by atoms with Crippen molar-refractivity contribution in [2.75, 3.05) is 5.75 Å². The van der Waals surface area contributed by atoms with E-state index in [1.165, 1.54) is 18.5 Å². The lowest BCUT2D eigenvalue weighted by Crippen LogP contribution is -2.20. The lowest BCUT2D eigenvalue weighted by Gasteiger charge is -2.15. The molecule has 0 radical (unpaired) electrons. The average molecular weight is 402 g/mol. The Morgan fingerprint density at radius 1 is 1.26 bits per heavy atom.